The van der Waals surface area contributed by atoms with Crippen LogP contribution in [0, 0.1) is 5.92 Å². The van der Waals surface area contributed by atoms with Gasteiger partial charge >= 0.3 is 6.03 Å². The van der Waals surface area contributed by atoms with Crippen molar-refractivity contribution >= 4 is 39.5 Å². The third kappa shape index (κ3) is 6.39. The topological polar surface area (TPSA) is 94.1 Å². The van der Waals surface area contributed by atoms with Crippen LogP contribution in [-0.4, -0.2) is 77.9 Å². The van der Waals surface area contributed by atoms with E-state index in [9.17, 15) is 9.59 Å². The molecule has 0 saturated carbocycles. The number of nitrogens with one attached hydrogen (secondary N) is 2. The summed E-state index contributed by atoms with van der Waals surface area (Å²) in [6, 6.07) is 4.41. The van der Waals surface area contributed by atoms with Crippen LogP contribution in [0.15, 0.2) is 22.7 Å². The van der Waals surface area contributed by atoms with Gasteiger partial charge in [0.25, 0.3) is 5.91 Å². The van der Waals surface area contributed by atoms with Crippen molar-refractivity contribution in [3.05, 3.63) is 27.7 Å². The Hall–Kier alpha value is -1.39. The molecule has 2 aliphatic heterocycles. The summed E-state index contributed by atoms with van der Waals surface area (Å²) in [5, 5.41) is 16.8. The number of carbonyl (C=O) groups excluding carboxylic acids is 2. The standard InChI is InChI=1S/C23H34BrClN4O4/c1-14(2)12-29-21-20(22(31)28(3)23(29)32)26-17(7-5-4-6-10-30)18(27-21)13-33-19-9-8-15(25)11-16(19)24/h8-9,11,14,17-18,20-21,26-27,30H,4-7,10,12-13H2,1-3H3. The predicted octanol–water partition coefficient (Wildman–Crippen LogP) is 3.21. The maximum absolute atomic E-state index is 13.0. The number of fused-ring (bicyclic) bond motifs is 1. The van der Waals surface area contributed by atoms with Crippen LogP contribution < -0.4 is 15.4 Å². The maximum atomic E-state index is 13.0. The lowest BCUT2D eigenvalue weighted by Crippen LogP contribution is -2.79. The van der Waals surface area contributed by atoms with Crippen LogP contribution in [0.1, 0.15) is 39.5 Å². The maximum Gasteiger partial charge on any atom is 0.327 e. The quantitative estimate of drug-likeness (QED) is 0.391. The zero-order valence-electron chi connectivity index (χ0n) is 19.4. The van der Waals surface area contributed by atoms with Gasteiger partial charge in [0, 0.05) is 31.3 Å². The van der Waals surface area contributed by atoms with E-state index in [0.717, 1.165) is 30.2 Å². The summed E-state index contributed by atoms with van der Waals surface area (Å²) in [6.07, 6.45) is 2.95. The Labute approximate surface area is 209 Å². The summed E-state index contributed by atoms with van der Waals surface area (Å²) in [4.78, 5) is 28.8. The first-order valence-corrected chi connectivity index (χ1v) is 12.7. The molecule has 33 heavy (non-hydrogen) atoms. The summed E-state index contributed by atoms with van der Waals surface area (Å²) in [5.74, 6) is 0.712. The number of unbranched alkanes of at least 4 members (excludes halogenated alkanes) is 2. The van der Waals surface area contributed by atoms with E-state index in [1.807, 2.05) is 6.07 Å². The lowest BCUT2D eigenvalue weighted by atomic mass is 9.93. The first-order chi connectivity index (χ1) is 15.7. The SMILES string of the molecule is CC(C)CN1C(=O)N(C)C(=O)C2NC(CCCCCO)C(COc3ccc(Cl)cc3Br)NC21. The predicted molar refractivity (Wildman–Crippen MR) is 131 cm³/mol. The van der Waals surface area contributed by atoms with E-state index in [1.54, 1.807) is 24.1 Å². The van der Waals surface area contributed by atoms with Crippen LogP contribution in [0.5, 0.6) is 5.75 Å². The van der Waals surface area contributed by atoms with Gasteiger partial charge in [-0.05, 0) is 52.9 Å². The number of rotatable bonds is 10. The molecule has 0 spiro atoms. The molecule has 0 radical (unpaired) electrons. The molecule has 2 fully saturated rings. The van der Waals surface area contributed by atoms with Gasteiger partial charge in [-0.3, -0.25) is 20.3 Å². The highest BCUT2D eigenvalue weighted by Gasteiger charge is 2.50. The van der Waals surface area contributed by atoms with Gasteiger partial charge < -0.3 is 14.7 Å². The average Bonchev–Trinajstić information content (AvgIpc) is 2.77. The second kappa shape index (κ2) is 11.8. The summed E-state index contributed by atoms with van der Waals surface area (Å²) in [5.41, 5.74) is 0. The number of carbonyl (C=O) groups is 2. The molecule has 4 unspecified atom stereocenters. The smallest absolute Gasteiger partial charge is 0.327 e. The number of amides is 3. The van der Waals surface area contributed by atoms with E-state index >= 15 is 0 Å². The van der Waals surface area contributed by atoms with Crippen molar-refractivity contribution in [2.45, 2.75) is 63.8 Å². The molecule has 184 valence electrons. The van der Waals surface area contributed by atoms with Crippen molar-refractivity contribution < 1.29 is 19.4 Å². The van der Waals surface area contributed by atoms with Gasteiger partial charge in [-0.2, -0.15) is 0 Å². The third-order valence-corrected chi connectivity index (χ3v) is 6.95. The molecular weight excluding hydrogens is 512 g/mol. The van der Waals surface area contributed by atoms with Crippen molar-refractivity contribution in [3.8, 4) is 5.75 Å². The summed E-state index contributed by atoms with van der Waals surface area (Å²) in [7, 11) is 1.54. The molecule has 3 amide bonds. The molecule has 10 heteroatoms. The molecule has 3 N–H and O–H groups in total. The second-order valence-electron chi connectivity index (χ2n) is 9.15. The van der Waals surface area contributed by atoms with Crippen molar-refractivity contribution in [1.82, 2.24) is 20.4 Å². The van der Waals surface area contributed by atoms with Crippen LogP contribution >= 0.6 is 27.5 Å². The molecule has 1 aromatic carbocycles. The van der Waals surface area contributed by atoms with Gasteiger partial charge in [-0.25, -0.2) is 4.79 Å². The Balaban J connectivity index is 1.79. The molecule has 2 aliphatic rings. The molecule has 1 aromatic rings. The molecule has 0 aliphatic carbocycles. The van der Waals surface area contributed by atoms with E-state index in [4.69, 9.17) is 21.4 Å². The van der Waals surface area contributed by atoms with Crippen LogP contribution in [0.25, 0.3) is 0 Å². The zero-order chi connectivity index (χ0) is 24.1. The van der Waals surface area contributed by atoms with Gasteiger partial charge in [-0.1, -0.05) is 38.3 Å². The molecular formula is C23H34BrClN4O4. The first kappa shape index (κ1) is 26.2. The highest BCUT2D eigenvalue weighted by molar-refractivity contribution is 9.10. The number of likely N-dealkylation sites (N-methyl/N-ethyl adjacent to an activating group) is 1. The monoisotopic (exact) mass is 544 g/mol. The molecule has 2 saturated heterocycles. The first-order valence-electron chi connectivity index (χ1n) is 11.5. The van der Waals surface area contributed by atoms with Gasteiger partial charge in [0.1, 0.15) is 24.6 Å². The number of aliphatic hydroxyl groups excluding tert-OH is 1. The lowest BCUT2D eigenvalue weighted by molar-refractivity contribution is -0.138. The van der Waals surface area contributed by atoms with Crippen LogP contribution in [-0.2, 0) is 4.79 Å². The number of hydrogen-bond donors (Lipinski definition) is 3. The summed E-state index contributed by atoms with van der Waals surface area (Å²) < 4.78 is 6.88. The number of ether oxygens (including phenoxy) is 1. The number of hydrogen-bond acceptors (Lipinski definition) is 6. The van der Waals surface area contributed by atoms with Crippen LogP contribution in [0.2, 0.25) is 5.02 Å². The van der Waals surface area contributed by atoms with Crippen molar-refractivity contribution in [2.24, 2.45) is 5.92 Å². The number of benzene rings is 1. The molecule has 4 atom stereocenters. The third-order valence-electron chi connectivity index (χ3n) is 6.09. The number of aliphatic hydroxyl groups is 1. The Morgan fingerprint density at radius 2 is 1.94 bits per heavy atom. The zero-order valence-corrected chi connectivity index (χ0v) is 21.7. The number of nitrogens with zero attached hydrogens (tertiary/aromatic N) is 2. The van der Waals surface area contributed by atoms with Crippen molar-refractivity contribution in [2.75, 3.05) is 26.8 Å². The summed E-state index contributed by atoms with van der Waals surface area (Å²) >= 11 is 9.53. The van der Waals surface area contributed by atoms with Gasteiger partial charge in [-0.15, -0.1) is 0 Å². The second-order valence-corrected chi connectivity index (χ2v) is 10.4. The average molecular weight is 546 g/mol. The number of urea groups is 1. The van der Waals surface area contributed by atoms with E-state index in [0.29, 0.717) is 23.9 Å². The fraction of sp³-hybridized carbons (Fsp3) is 0.652. The largest absolute Gasteiger partial charge is 0.491 e. The number of piperazine rings is 1. The Morgan fingerprint density at radius 3 is 2.61 bits per heavy atom. The lowest BCUT2D eigenvalue weighted by Gasteiger charge is -2.51. The van der Waals surface area contributed by atoms with Gasteiger partial charge in [0.05, 0.1) is 10.5 Å². The fourth-order valence-electron chi connectivity index (χ4n) is 4.42. The minimum Gasteiger partial charge on any atom is -0.491 e. The molecule has 2 heterocycles. The van der Waals surface area contributed by atoms with E-state index < -0.39 is 12.2 Å². The van der Waals surface area contributed by atoms with E-state index in [-0.39, 0.29) is 36.5 Å². The minimum atomic E-state index is -0.521. The Bertz CT molecular complexity index is 843. The Morgan fingerprint density at radius 1 is 1.18 bits per heavy atom. The highest BCUT2D eigenvalue weighted by Crippen LogP contribution is 2.29. The van der Waals surface area contributed by atoms with Crippen molar-refractivity contribution in [1.29, 1.82) is 0 Å². The molecule has 0 aromatic heterocycles. The molecule has 0 bridgehead atoms. The molecule has 8 nitrogen and oxygen atoms in total. The highest BCUT2D eigenvalue weighted by atomic mass is 79.9. The fourth-order valence-corrected chi connectivity index (χ4v) is 5.22. The van der Waals surface area contributed by atoms with Crippen LogP contribution in [0.3, 0.4) is 0 Å². The van der Waals surface area contributed by atoms with E-state index in [1.165, 1.54) is 4.90 Å². The van der Waals surface area contributed by atoms with E-state index in [2.05, 4.69) is 40.4 Å². The normalized spacial score (nSPS) is 25.5. The van der Waals surface area contributed by atoms with Crippen molar-refractivity contribution in [3.63, 3.8) is 0 Å². The molecule has 3 rings (SSSR count). The summed E-state index contributed by atoms with van der Waals surface area (Å²) in [6.45, 7) is 5.18. The number of halogens is 2. The minimum absolute atomic E-state index is 0.0255. The number of imide groups is 1. The Kier molecular flexibility index (Phi) is 9.41. The van der Waals surface area contributed by atoms with Crippen LogP contribution in [0.4, 0.5) is 4.79 Å². The van der Waals surface area contributed by atoms with Gasteiger partial charge in [0.15, 0.2) is 0 Å². The van der Waals surface area contributed by atoms with Gasteiger partial charge in [0.2, 0.25) is 0 Å².